The molecule has 186 valence electrons. The third-order valence-electron chi connectivity index (χ3n) is 6.80. The molecule has 0 unspecified atom stereocenters. The van der Waals surface area contributed by atoms with Crippen molar-refractivity contribution in [1.29, 1.82) is 0 Å². The van der Waals surface area contributed by atoms with Crippen LogP contribution in [0, 0.1) is 25.6 Å². The lowest BCUT2D eigenvalue weighted by Crippen LogP contribution is -2.72. The molecule has 1 fully saturated rings. The number of para-hydroxylation sites is 1. The van der Waals surface area contributed by atoms with Gasteiger partial charge in [0, 0.05) is 16.9 Å². The minimum Gasteiger partial charge on any atom is -0.490 e. The quantitative estimate of drug-likeness (QED) is 0.438. The predicted octanol–water partition coefficient (Wildman–Crippen LogP) is 5.64. The van der Waals surface area contributed by atoms with Gasteiger partial charge in [0.05, 0.1) is 12.6 Å². The number of halogens is 1. The fourth-order valence-corrected chi connectivity index (χ4v) is 5.60. The molecule has 5 rings (SSSR count). The summed E-state index contributed by atoms with van der Waals surface area (Å²) >= 11 is 5.76. The number of rotatable bonds is 5. The summed E-state index contributed by atoms with van der Waals surface area (Å²) in [6.45, 7) is 8.19. The van der Waals surface area contributed by atoms with Gasteiger partial charge >= 0.3 is 0 Å². The molecule has 0 aromatic heterocycles. The van der Waals surface area contributed by atoms with Crippen molar-refractivity contribution in [2.24, 2.45) is 5.92 Å². The molecule has 8 heteroatoms. The van der Waals surface area contributed by atoms with Crippen LogP contribution in [0.1, 0.15) is 36.6 Å². The standard InChI is InChI=1S/C28H28FN3O3S/c1-5-34-22-8-6-7-20-24-23(26(33)30-21-14-9-16(2)15-17(21)3)28(4,35-25(20)22)32(27(36)31-24)19-12-10-18(29)11-13-19/h6-15,23-24H,5H2,1-4H3,(H,30,33)(H,31,36)/t23-,24+,28-/m0/s1. The minimum absolute atomic E-state index is 0.218. The summed E-state index contributed by atoms with van der Waals surface area (Å²) in [5, 5.41) is 6.86. The molecular formula is C28H28FN3O3S. The fraction of sp³-hybridized carbons (Fsp3) is 0.286. The molecule has 2 heterocycles. The van der Waals surface area contributed by atoms with Gasteiger partial charge < -0.3 is 20.1 Å². The largest absolute Gasteiger partial charge is 0.490 e. The number of nitrogens with zero attached hydrogens (tertiary/aromatic N) is 1. The molecule has 0 spiro atoms. The second-order valence-electron chi connectivity index (χ2n) is 9.29. The Kier molecular flexibility index (Phi) is 6.08. The first-order valence-electron chi connectivity index (χ1n) is 11.9. The first kappa shape index (κ1) is 24.1. The van der Waals surface area contributed by atoms with Gasteiger partial charge in [0.15, 0.2) is 22.3 Å². The zero-order valence-corrected chi connectivity index (χ0v) is 21.4. The lowest BCUT2D eigenvalue weighted by atomic mass is 9.78. The summed E-state index contributed by atoms with van der Waals surface area (Å²) in [5.74, 6) is -0.142. The number of hydrogen-bond acceptors (Lipinski definition) is 4. The van der Waals surface area contributed by atoms with Crippen LogP contribution in [0.4, 0.5) is 15.8 Å². The Bertz CT molecular complexity index is 1350. The third-order valence-corrected chi connectivity index (χ3v) is 7.10. The van der Waals surface area contributed by atoms with Crippen LogP contribution < -0.4 is 25.0 Å². The Labute approximate surface area is 215 Å². The van der Waals surface area contributed by atoms with Crippen LogP contribution in [0.25, 0.3) is 0 Å². The average molecular weight is 506 g/mol. The van der Waals surface area contributed by atoms with Crippen molar-refractivity contribution in [3.05, 3.63) is 83.2 Å². The molecule has 0 radical (unpaired) electrons. The van der Waals surface area contributed by atoms with Gasteiger partial charge in [-0.05, 0) is 81.9 Å². The predicted molar refractivity (Wildman–Crippen MR) is 142 cm³/mol. The Morgan fingerprint density at radius 2 is 1.94 bits per heavy atom. The summed E-state index contributed by atoms with van der Waals surface area (Å²) in [4.78, 5) is 15.7. The number of anilines is 2. The molecule has 6 nitrogen and oxygen atoms in total. The molecule has 36 heavy (non-hydrogen) atoms. The molecule has 1 amide bonds. The summed E-state index contributed by atoms with van der Waals surface area (Å²) in [6.07, 6.45) is 0. The second kappa shape index (κ2) is 9.09. The number of benzene rings is 3. The molecule has 2 bridgehead atoms. The number of thiocarbonyl (C=S) groups is 1. The van der Waals surface area contributed by atoms with Crippen LogP contribution in [0.5, 0.6) is 11.5 Å². The van der Waals surface area contributed by atoms with Crippen LogP contribution in [-0.2, 0) is 4.79 Å². The zero-order chi connectivity index (χ0) is 25.6. The summed E-state index contributed by atoms with van der Waals surface area (Å²) < 4.78 is 26.3. The molecular weight excluding hydrogens is 477 g/mol. The van der Waals surface area contributed by atoms with Gasteiger partial charge in [-0.25, -0.2) is 4.39 Å². The van der Waals surface area contributed by atoms with Crippen molar-refractivity contribution in [3.8, 4) is 11.5 Å². The van der Waals surface area contributed by atoms with Gasteiger partial charge in [0.2, 0.25) is 5.91 Å². The van der Waals surface area contributed by atoms with Gasteiger partial charge in [0.25, 0.3) is 0 Å². The maximum atomic E-state index is 14.0. The minimum atomic E-state index is -1.23. The number of ether oxygens (including phenoxy) is 2. The zero-order valence-electron chi connectivity index (χ0n) is 20.6. The Morgan fingerprint density at radius 1 is 1.19 bits per heavy atom. The van der Waals surface area contributed by atoms with Gasteiger partial charge in [-0.1, -0.05) is 29.8 Å². The molecule has 0 saturated carbocycles. The van der Waals surface area contributed by atoms with Crippen molar-refractivity contribution in [3.63, 3.8) is 0 Å². The van der Waals surface area contributed by atoms with Crippen LogP contribution in [0.2, 0.25) is 0 Å². The molecule has 1 saturated heterocycles. The van der Waals surface area contributed by atoms with Crippen LogP contribution in [-0.4, -0.2) is 23.4 Å². The molecule has 3 aromatic rings. The molecule has 2 aliphatic rings. The maximum absolute atomic E-state index is 14.0. The highest BCUT2D eigenvalue weighted by atomic mass is 32.1. The van der Waals surface area contributed by atoms with E-state index in [1.165, 1.54) is 12.1 Å². The van der Waals surface area contributed by atoms with Gasteiger partial charge in [-0.3, -0.25) is 9.69 Å². The molecule has 0 aliphatic carbocycles. The van der Waals surface area contributed by atoms with Crippen molar-refractivity contribution < 1.29 is 18.7 Å². The summed E-state index contributed by atoms with van der Waals surface area (Å²) in [6, 6.07) is 17.0. The highest BCUT2D eigenvalue weighted by molar-refractivity contribution is 7.80. The molecule has 2 aliphatic heterocycles. The van der Waals surface area contributed by atoms with E-state index in [-0.39, 0.29) is 11.7 Å². The van der Waals surface area contributed by atoms with E-state index in [2.05, 4.69) is 10.6 Å². The van der Waals surface area contributed by atoms with Crippen molar-refractivity contribution >= 4 is 34.6 Å². The molecule has 3 atom stereocenters. The Morgan fingerprint density at radius 3 is 2.64 bits per heavy atom. The highest BCUT2D eigenvalue weighted by Gasteiger charge is 2.59. The van der Waals surface area contributed by atoms with E-state index >= 15 is 0 Å². The molecule has 2 N–H and O–H groups in total. The maximum Gasteiger partial charge on any atom is 0.236 e. The van der Waals surface area contributed by atoms with E-state index in [1.807, 2.05) is 64.1 Å². The Hall–Kier alpha value is -3.65. The number of amides is 1. The van der Waals surface area contributed by atoms with Gasteiger partial charge in [0.1, 0.15) is 11.7 Å². The van der Waals surface area contributed by atoms with E-state index in [4.69, 9.17) is 21.7 Å². The SMILES string of the molecule is CCOc1cccc2c1O[C@@]1(C)[C@H](C(=O)Nc3ccc(C)cc3C)[C@@H]2NC(=S)N1c1ccc(F)cc1. The monoisotopic (exact) mass is 505 g/mol. The van der Waals surface area contributed by atoms with Gasteiger partial charge in [-0.15, -0.1) is 0 Å². The lowest BCUT2D eigenvalue weighted by Gasteiger charge is -2.56. The van der Waals surface area contributed by atoms with Crippen molar-refractivity contribution in [2.75, 3.05) is 16.8 Å². The average Bonchev–Trinajstić information content (AvgIpc) is 2.82. The smallest absolute Gasteiger partial charge is 0.236 e. The van der Waals surface area contributed by atoms with Crippen molar-refractivity contribution in [1.82, 2.24) is 5.32 Å². The number of hydrogen-bond donors (Lipinski definition) is 2. The molecule has 3 aromatic carbocycles. The van der Waals surface area contributed by atoms with Crippen LogP contribution >= 0.6 is 12.2 Å². The van der Waals surface area contributed by atoms with Crippen LogP contribution in [0.15, 0.2) is 60.7 Å². The highest BCUT2D eigenvalue weighted by Crippen LogP contribution is 2.52. The number of carbonyl (C=O) groups is 1. The first-order chi connectivity index (χ1) is 17.2. The van der Waals surface area contributed by atoms with E-state index in [0.717, 1.165) is 22.4 Å². The topological polar surface area (TPSA) is 62.8 Å². The fourth-order valence-electron chi connectivity index (χ4n) is 5.18. The first-order valence-corrected chi connectivity index (χ1v) is 12.3. The van der Waals surface area contributed by atoms with E-state index in [0.29, 0.717) is 28.9 Å². The number of fused-ring (bicyclic) bond motifs is 4. The van der Waals surface area contributed by atoms with E-state index in [1.54, 1.807) is 17.0 Å². The number of nitrogens with one attached hydrogen (secondary N) is 2. The van der Waals surface area contributed by atoms with Crippen LogP contribution in [0.3, 0.4) is 0 Å². The third kappa shape index (κ3) is 3.95. The summed E-state index contributed by atoms with van der Waals surface area (Å²) in [5.41, 5.74) is 2.98. The van der Waals surface area contributed by atoms with E-state index < -0.39 is 17.7 Å². The van der Waals surface area contributed by atoms with Gasteiger partial charge in [-0.2, -0.15) is 0 Å². The normalized spacial score (nSPS) is 22.2. The number of aryl methyl sites for hydroxylation is 2. The lowest BCUT2D eigenvalue weighted by molar-refractivity contribution is -0.130. The Balaban J connectivity index is 1.64. The summed E-state index contributed by atoms with van der Waals surface area (Å²) in [7, 11) is 0. The second-order valence-corrected chi connectivity index (χ2v) is 9.68. The van der Waals surface area contributed by atoms with E-state index in [9.17, 15) is 9.18 Å². The number of carbonyl (C=O) groups excluding carboxylic acids is 1. The van der Waals surface area contributed by atoms with Crippen molar-refractivity contribution in [2.45, 2.75) is 39.5 Å².